The van der Waals surface area contributed by atoms with Gasteiger partial charge < -0.3 is 15.8 Å². The van der Waals surface area contributed by atoms with Crippen LogP contribution < -0.4 is 11.1 Å². The Hall–Kier alpha value is -2.21. The molecule has 0 aromatic heterocycles. The van der Waals surface area contributed by atoms with Gasteiger partial charge in [-0.3, -0.25) is 9.69 Å². The number of benzene rings is 2. The van der Waals surface area contributed by atoms with Crippen LogP contribution in [-0.2, 0) is 16.1 Å². The number of hydrogen-bond donors (Lipinski definition) is 2. The normalized spacial score (nSPS) is 19.7. The van der Waals surface area contributed by atoms with Crippen molar-refractivity contribution >= 4 is 5.91 Å². The largest absolute Gasteiger partial charge is 0.373 e. The number of ether oxygens (including phenoxy) is 1. The molecule has 28 heavy (non-hydrogen) atoms. The summed E-state index contributed by atoms with van der Waals surface area (Å²) in [6, 6.07) is 19.9. The van der Waals surface area contributed by atoms with E-state index in [9.17, 15) is 4.79 Å². The van der Waals surface area contributed by atoms with Crippen molar-refractivity contribution in [2.45, 2.75) is 44.5 Å². The van der Waals surface area contributed by atoms with Crippen LogP contribution in [0.2, 0.25) is 0 Å². The molecule has 0 spiro atoms. The monoisotopic (exact) mass is 381 g/mol. The Morgan fingerprint density at radius 1 is 1.18 bits per heavy atom. The third kappa shape index (κ3) is 5.89. The molecule has 3 unspecified atom stereocenters. The van der Waals surface area contributed by atoms with E-state index < -0.39 is 0 Å². The van der Waals surface area contributed by atoms with Crippen molar-refractivity contribution < 1.29 is 9.53 Å². The lowest BCUT2D eigenvalue weighted by Crippen LogP contribution is -2.53. The minimum absolute atomic E-state index is 0.000591. The Labute approximate surface area is 167 Å². The maximum Gasteiger partial charge on any atom is 0.222 e. The van der Waals surface area contributed by atoms with Crippen molar-refractivity contribution in [2.24, 2.45) is 5.73 Å². The lowest BCUT2D eigenvalue weighted by atomic mass is 10.0. The highest BCUT2D eigenvalue weighted by molar-refractivity contribution is 5.77. The topological polar surface area (TPSA) is 67.6 Å². The summed E-state index contributed by atoms with van der Waals surface area (Å²) in [5.74, 6) is -0.0213. The Kier molecular flexibility index (Phi) is 7.60. The molecule has 5 heteroatoms. The molecule has 1 amide bonds. The Balaban J connectivity index is 1.52. The molecule has 3 atom stereocenters. The first-order valence-corrected chi connectivity index (χ1v) is 10.1. The van der Waals surface area contributed by atoms with Gasteiger partial charge in [-0.05, 0) is 17.5 Å². The van der Waals surface area contributed by atoms with Gasteiger partial charge in [-0.15, -0.1) is 0 Å². The number of nitrogens with zero attached hydrogens (tertiary/aromatic N) is 1. The molecule has 2 aromatic carbocycles. The summed E-state index contributed by atoms with van der Waals surface area (Å²) in [5, 5.41) is 3.15. The smallest absolute Gasteiger partial charge is 0.222 e. The average Bonchev–Trinajstić information content (AvgIpc) is 2.73. The number of amides is 1. The van der Waals surface area contributed by atoms with Gasteiger partial charge in [0.05, 0.1) is 18.8 Å². The fraction of sp³-hybridized carbons (Fsp3) is 0.435. The summed E-state index contributed by atoms with van der Waals surface area (Å²) < 4.78 is 6.00. The van der Waals surface area contributed by atoms with Crippen molar-refractivity contribution in [3.8, 4) is 0 Å². The summed E-state index contributed by atoms with van der Waals surface area (Å²) in [6.45, 7) is 5.41. The highest BCUT2D eigenvalue weighted by Crippen LogP contribution is 2.16. The van der Waals surface area contributed by atoms with Crippen molar-refractivity contribution in [2.75, 3.05) is 19.7 Å². The highest BCUT2D eigenvalue weighted by atomic mass is 16.5. The Morgan fingerprint density at radius 2 is 1.86 bits per heavy atom. The van der Waals surface area contributed by atoms with Crippen LogP contribution in [0.1, 0.15) is 36.9 Å². The molecule has 3 rings (SSSR count). The Morgan fingerprint density at radius 3 is 2.54 bits per heavy atom. The first-order valence-electron chi connectivity index (χ1n) is 10.1. The molecule has 1 saturated heterocycles. The van der Waals surface area contributed by atoms with Crippen LogP contribution in [0, 0.1) is 0 Å². The third-order valence-electron chi connectivity index (χ3n) is 5.29. The van der Waals surface area contributed by atoms with Gasteiger partial charge >= 0.3 is 0 Å². The fourth-order valence-corrected chi connectivity index (χ4v) is 3.70. The maximum atomic E-state index is 12.6. The van der Waals surface area contributed by atoms with E-state index in [2.05, 4.69) is 41.4 Å². The lowest BCUT2D eigenvalue weighted by molar-refractivity contribution is -0.124. The van der Waals surface area contributed by atoms with Crippen LogP contribution in [0.15, 0.2) is 60.7 Å². The zero-order valence-electron chi connectivity index (χ0n) is 16.6. The summed E-state index contributed by atoms with van der Waals surface area (Å²) in [7, 11) is 0. The van der Waals surface area contributed by atoms with Gasteiger partial charge in [0.2, 0.25) is 5.91 Å². The van der Waals surface area contributed by atoms with Gasteiger partial charge in [-0.1, -0.05) is 67.6 Å². The minimum atomic E-state index is -0.291. The molecule has 3 N–H and O–H groups in total. The SMILES string of the molecule is CCC(NC(=O)CC(N)c1ccccc1)C1CN(Cc2ccccc2)CCO1. The summed E-state index contributed by atoms with van der Waals surface area (Å²) >= 11 is 0. The van der Waals surface area contributed by atoms with E-state index in [0.29, 0.717) is 6.61 Å². The quantitative estimate of drug-likeness (QED) is 0.738. The molecule has 1 fully saturated rings. The van der Waals surface area contributed by atoms with Gasteiger partial charge in [0.1, 0.15) is 0 Å². The molecular formula is C23H31N3O2. The second-order valence-electron chi connectivity index (χ2n) is 7.43. The van der Waals surface area contributed by atoms with E-state index in [1.807, 2.05) is 36.4 Å². The summed E-state index contributed by atoms with van der Waals surface area (Å²) in [6.07, 6.45) is 1.11. The van der Waals surface area contributed by atoms with Crippen molar-refractivity contribution in [3.63, 3.8) is 0 Å². The zero-order valence-corrected chi connectivity index (χ0v) is 16.6. The van der Waals surface area contributed by atoms with Crippen molar-refractivity contribution in [1.29, 1.82) is 0 Å². The molecule has 2 aromatic rings. The molecule has 0 aliphatic carbocycles. The van der Waals surface area contributed by atoms with Gasteiger partial charge in [-0.2, -0.15) is 0 Å². The maximum absolute atomic E-state index is 12.6. The van der Waals surface area contributed by atoms with Crippen LogP contribution in [0.25, 0.3) is 0 Å². The Bertz CT molecular complexity index is 723. The standard InChI is InChI=1S/C23H31N3O2/c1-2-21(25-23(27)15-20(24)19-11-7-4-8-12-19)22-17-26(13-14-28-22)16-18-9-5-3-6-10-18/h3-12,20-22H,2,13-17,24H2,1H3,(H,25,27). The van der Waals surface area contributed by atoms with Crippen molar-refractivity contribution in [3.05, 3.63) is 71.8 Å². The van der Waals surface area contributed by atoms with Crippen LogP contribution in [0.3, 0.4) is 0 Å². The molecule has 1 aliphatic rings. The van der Waals surface area contributed by atoms with Crippen LogP contribution >= 0.6 is 0 Å². The second-order valence-corrected chi connectivity index (χ2v) is 7.43. The summed E-state index contributed by atoms with van der Waals surface area (Å²) in [5.41, 5.74) is 8.48. The minimum Gasteiger partial charge on any atom is -0.373 e. The number of nitrogens with one attached hydrogen (secondary N) is 1. The number of carbonyl (C=O) groups is 1. The van der Waals surface area contributed by atoms with E-state index in [1.54, 1.807) is 0 Å². The second kappa shape index (κ2) is 10.4. The number of morpholine rings is 1. The van der Waals surface area contributed by atoms with Gasteiger partial charge in [-0.25, -0.2) is 0 Å². The number of hydrogen-bond acceptors (Lipinski definition) is 4. The number of carbonyl (C=O) groups excluding carboxylic acids is 1. The van der Waals surface area contributed by atoms with Gasteiger partial charge in [0.15, 0.2) is 0 Å². The summed E-state index contributed by atoms with van der Waals surface area (Å²) in [4.78, 5) is 14.9. The first kappa shape index (κ1) is 20.5. The van der Waals surface area contributed by atoms with E-state index in [-0.39, 0.29) is 30.5 Å². The van der Waals surface area contributed by atoms with Gasteiger partial charge in [0.25, 0.3) is 0 Å². The number of rotatable bonds is 8. The lowest BCUT2D eigenvalue weighted by Gasteiger charge is -2.37. The molecule has 5 nitrogen and oxygen atoms in total. The van der Waals surface area contributed by atoms with Crippen LogP contribution in [0.5, 0.6) is 0 Å². The molecular weight excluding hydrogens is 350 g/mol. The van der Waals surface area contributed by atoms with E-state index in [4.69, 9.17) is 10.5 Å². The third-order valence-corrected chi connectivity index (χ3v) is 5.29. The predicted molar refractivity (Wildman–Crippen MR) is 112 cm³/mol. The molecule has 0 radical (unpaired) electrons. The zero-order chi connectivity index (χ0) is 19.8. The number of nitrogens with two attached hydrogens (primary N) is 1. The average molecular weight is 382 g/mol. The highest BCUT2D eigenvalue weighted by Gasteiger charge is 2.28. The first-order chi connectivity index (χ1) is 13.7. The predicted octanol–water partition coefficient (Wildman–Crippen LogP) is 2.87. The van der Waals surface area contributed by atoms with Crippen LogP contribution in [-0.4, -0.2) is 42.6 Å². The van der Waals surface area contributed by atoms with E-state index in [1.165, 1.54) is 5.56 Å². The van der Waals surface area contributed by atoms with Crippen molar-refractivity contribution in [1.82, 2.24) is 10.2 Å². The molecule has 0 saturated carbocycles. The molecule has 0 bridgehead atoms. The van der Waals surface area contributed by atoms with E-state index >= 15 is 0 Å². The molecule has 1 aliphatic heterocycles. The van der Waals surface area contributed by atoms with Gasteiger partial charge in [0, 0.05) is 32.1 Å². The molecule has 150 valence electrons. The van der Waals surface area contributed by atoms with E-state index in [0.717, 1.165) is 31.6 Å². The fourth-order valence-electron chi connectivity index (χ4n) is 3.70. The van der Waals surface area contributed by atoms with Crippen LogP contribution in [0.4, 0.5) is 0 Å². The molecule has 1 heterocycles.